The van der Waals surface area contributed by atoms with Crippen LogP contribution in [0.4, 0.5) is 18.3 Å². The predicted molar refractivity (Wildman–Crippen MR) is 60.5 cm³/mol. The minimum atomic E-state index is -4.98. The first-order valence-electron chi connectivity index (χ1n) is 5.05. The molecule has 0 aromatic carbocycles. The summed E-state index contributed by atoms with van der Waals surface area (Å²) in [7, 11) is 0. The fourth-order valence-corrected chi connectivity index (χ4v) is 1.91. The van der Waals surface area contributed by atoms with Gasteiger partial charge < -0.3 is 5.32 Å². The summed E-state index contributed by atoms with van der Waals surface area (Å²) in [6, 6.07) is 0. The number of thiazole rings is 1. The lowest BCUT2D eigenvalue weighted by molar-refractivity contribution is -0.171. The number of halogens is 3. The van der Waals surface area contributed by atoms with E-state index in [4.69, 9.17) is 0 Å². The van der Waals surface area contributed by atoms with Crippen LogP contribution in [0.5, 0.6) is 0 Å². The van der Waals surface area contributed by atoms with Crippen LogP contribution < -0.4 is 5.32 Å². The molecule has 100 valence electrons. The van der Waals surface area contributed by atoms with Crippen LogP contribution in [0.15, 0.2) is 5.38 Å². The van der Waals surface area contributed by atoms with Gasteiger partial charge in [-0.15, -0.1) is 11.3 Å². The molecule has 0 saturated heterocycles. The number of carbonyl (C=O) groups is 2. The van der Waals surface area contributed by atoms with Crippen molar-refractivity contribution < 1.29 is 22.8 Å². The van der Waals surface area contributed by atoms with Crippen molar-refractivity contribution >= 4 is 28.2 Å². The Bertz CT molecular complexity index is 454. The molecule has 0 aliphatic heterocycles. The van der Waals surface area contributed by atoms with Crippen molar-refractivity contribution in [2.24, 2.45) is 0 Å². The van der Waals surface area contributed by atoms with Crippen LogP contribution in [0.3, 0.4) is 0 Å². The van der Waals surface area contributed by atoms with Crippen molar-refractivity contribution in [3.63, 3.8) is 0 Å². The maximum Gasteiger partial charge on any atom is 0.450 e. The monoisotopic (exact) mass is 280 g/mol. The number of hydrogen-bond donors (Lipinski definition) is 1. The first kappa shape index (κ1) is 14.6. The highest BCUT2D eigenvalue weighted by atomic mass is 32.1. The third-order valence-electron chi connectivity index (χ3n) is 2.00. The molecular weight excluding hydrogens is 269 g/mol. The Labute approximate surface area is 105 Å². The Morgan fingerprint density at radius 2 is 2.06 bits per heavy atom. The number of carbonyl (C=O) groups excluding carboxylic acids is 2. The smallest absolute Gasteiger partial charge is 0.302 e. The second-order valence-corrected chi connectivity index (χ2v) is 4.74. The fraction of sp³-hybridized carbons (Fsp3) is 0.500. The minimum Gasteiger partial charge on any atom is -0.302 e. The van der Waals surface area contributed by atoms with Crippen molar-refractivity contribution in [3.05, 3.63) is 11.1 Å². The van der Waals surface area contributed by atoms with Crippen LogP contribution in [-0.2, 0) is 9.59 Å². The van der Waals surface area contributed by atoms with Crippen LogP contribution in [0, 0.1) is 0 Å². The molecule has 1 amide bonds. The van der Waals surface area contributed by atoms with Gasteiger partial charge in [0.25, 0.3) is 0 Å². The molecule has 0 aliphatic rings. The van der Waals surface area contributed by atoms with E-state index >= 15 is 0 Å². The standard InChI is InChI=1S/C10H11F3N2O2S/c1-5(2)6-4-18-9(14-6)15-8(17)3-7(16)10(11,12)13/h4-5H,3H2,1-2H3,(H,14,15,17). The number of hydrogen-bond acceptors (Lipinski definition) is 4. The van der Waals surface area contributed by atoms with Gasteiger partial charge in [0, 0.05) is 5.38 Å². The van der Waals surface area contributed by atoms with Crippen molar-refractivity contribution in [3.8, 4) is 0 Å². The third-order valence-corrected chi connectivity index (χ3v) is 2.77. The van der Waals surface area contributed by atoms with Crippen molar-refractivity contribution in [1.82, 2.24) is 4.98 Å². The molecule has 0 fully saturated rings. The van der Waals surface area contributed by atoms with E-state index in [0.29, 0.717) is 0 Å². The number of Topliss-reactive ketones (excluding diaryl/α,β-unsaturated/α-hetero) is 1. The summed E-state index contributed by atoms with van der Waals surface area (Å²) in [5, 5.41) is 4.06. The molecule has 0 saturated carbocycles. The number of anilines is 1. The molecule has 1 N–H and O–H groups in total. The average molecular weight is 280 g/mol. The third kappa shape index (κ3) is 4.10. The average Bonchev–Trinajstić information content (AvgIpc) is 2.64. The summed E-state index contributed by atoms with van der Waals surface area (Å²) >= 11 is 1.11. The van der Waals surface area contributed by atoms with E-state index < -0.39 is 24.3 Å². The van der Waals surface area contributed by atoms with Gasteiger partial charge in [0.1, 0.15) is 0 Å². The molecule has 1 aromatic heterocycles. The number of rotatable bonds is 4. The number of aromatic nitrogens is 1. The minimum absolute atomic E-state index is 0.156. The molecule has 0 radical (unpaired) electrons. The lowest BCUT2D eigenvalue weighted by Gasteiger charge is -2.04. The zero-order valence-electron chi connectivity index (χ0n) is 9.67. The summed E-state index contributed by atoms with van der Waals surface area (Å²) in [6.07, 6.45) is -6.20. The van der Waals surface area contributed by atoms with E-state index in [9.17, 15) is 22.8 Å². The molecule has 0 bridgehead atoms. The summed E-state index contributed by atoms with van der Waals surface area (Å²) < 4.78 is 35.7. The maximum absolute atomic E-state index is 11.9. The zero-order chi connectivity index (χ0) is 13.9. The van der Waals surface area contributed by atoms with Gasteiger partial charge in [-0.25, -0.2) is 4.98 Å². The van der Waals surface area contributed by atoms with Gasteiger partial charge in [-0.05, 0) is 5.92 Å². The normalized spacial score (nSPS) is 11.7. The molecule has 1 rings (SSSR count). The van der Waals surface area contributed by atoms with Crippen molar-refractivity contribution in [1.29, 1.82) is 0 Å². The molecule has 0 atom stereocenters. The molecule has 4 nitrogen and oxygen atoms in total. The van der Waals surface area contributed by atoms with Gasteiger partial charge in [-0.2, -0.15) is 13.2 Å². The molecule has 8 heteroatoms. The van der Waals surface area contributed by atoms with Gasteiger partial charge in [0.05, 0.1) is 12.1 Å². The first-order chi connectivity index (χ1) is 8.20. The van der Waals surface area contributed by atoms with Crippen LogP contribution >= 0.6 is 11.3 Å². The van der Waals surface area contributed by atoms with Crippen LogP contribution in [0.2, 0.25) is 0 Å². The van der Waals surface area contributed by atoms with Gasteiger partial charge >= 0.3 is 6.18 Å². The highest BCUT2D eigenvalue weighted by Crippen LogP contribution is 2.22. The number of ketones is 1. The highest BCUT2D eigenvalue weighted by molar-refractivity contribution is 7.13. The molecule has 0 unspecified atom stereocenters. The Hall–Kier alpha value is -1.44. The maximum atomic E-state index is 11.9. The SMILES string of the molecule is CC(C)c1csc(NC(=O)CC(=O)C(F)(F)F)n1. The Morgan fingerprint density at radius 3 is 2.50 bits per heavy atom. The second-order valence-electron chi connectivity index (χ2n) is 3.88. The first-order valence-corrected chi connectivity index (χ1v) is 5.93. The summed E-state index contributed by atoms with van der Waals surface area (Å²) in [4.78, 5) is 25.8. The Kier molecular flexibility index (Phi) is 4.44. The largest absolute Gasteiger partial charge is 0.450 e. The molecule has 0 aliphatic carbocycles. The van der Waals surface area contributed by atoms with Crippen LogP contribution in [0.1, 0.15) is 31.9 Å². The lowest BCUT2D eigenvalue weighted by atomic mass is 10.2. The van der Waals surface area contributed by atoms with Crippen LogP contribution in [-0.4, -0.2) is 22.9 Å². The summed E-state index contributed by atoms with van der Waals surface area (Å²) in [6.45, 7) is 3.79. The van der Waals surface area contributed by atoms with E-state index in [2.05, 4.69) is 10.3 Å². The topological polar surface area (TPSA) is 59.1 Å². The highest BCUT2D eigenvalue weighted by Gasteiger charge is 2.39. The van der Waals surface area contributed by atoms with Gasteiger partial charge in [0.15, 0.2) is 5.13 Å². The van der Waals surface area contributed by atoms with Gasteiger partial charge in [-0.3, -0.25) is 9.59 Å². The number of alkyl halides is 3. The molecule has 1 aromatic rings. The van der Waals surface area contributed by atoms with Crippen LogP contribution in [0.25, 0.3) is 0 Å². The second kappa shape index (κ2) is 5.47. The van der Waals surface area contributed by atoms with Gasteiger partial charge in [0.2, 0.25) is 11.7 Å². The zero-order valence-corrected chi connectivity index (χ0v) is 10.5. The van der Waals surface area contributed by atoms with E-state index in [1.165, 1.54) is 0 Å². The number of amides is 1. The van der Waals surface area contributed by atoms with Crippen molar-refractivity contribution in [2.75, 3.05) is 5.32 Å². The Balaban J connectivity index is 2.57. The molecular formula is C10H11F3N2O2S. The summed E-state index contributed by atoms with van der Waals surface area (Å²) in [5.41, 5.74) is 0.734. The van der Waals surface area contributed by atoms with Crippen molar-refractivity contribution in [2.45, 2.75) is 32.4 Å². The molecule has 0 spiro atoms. The lowest BCUT2D eigenvalue weighted by Crippen LogP contribution is -2.27. The van der Waals surface area contributed by atoms with E-state index in [0.717, 1.165) is 17.0 Å². The van der Waals surface area contributed by atoms with E-state index in [1.807, 2.05) is 13.8 Å². The number of nitrogens with zero attached hydrogens (tertiary/aromatic N) is 1. The predicted octanol–water partition coefficient (Wildman–Crippen LogP) is 2.73. The van der Waals surface area contributed by atoms with E-state index in [1.54, 1.807) is 5.38 Å². The summed E-state index contributed by atoms with van der Waals surface area (Å²) in [5.74, 6) is -2.92. The number of nitrogens with one attached hydrogen (secondary N) is 1. The van der Waals surface area contributed by atoms with Gasteiger partial charge in [-0.1, -0.05) is 13.8 Å². The molecule has 18 heavy (non-hydrogen) atoms. The van der Waals surface area contributed by atoms with E-state index in [-0.39, 0.29) is 11.0 Å². The Morgan fingerprint density at radius 1 is 1.44 bits per heavy atom. The quantitative estimate of drug-likeness (QED) is 0.863. The fourth-order valence-electron chi connectivity index (χ4n) is 1.02. The molecule has 1 heterocycles.